The molecule has 2 amide bonds. The molecule has 3 atom stereocenters. The Bertz CT molecular complexity index is 831. The number of amides is 2. The van der Waals surface area contributed by atoms with Crippen LogP contribution in [0.1, 0.15) is 56.9 Å². The van der Waals surface area contributed by atoms with Crippen molar-refractivity contribution in [1.29, 1.82) is 0 Å². The van der Waals surface area contributed by atoms with Crippen LogP contribution < -0.4 is 5.32 Å². The van der Waals surface area contributed by atoms with Gasteiger partial charge in [0.15, 0.2) is 5.78 Å². The first kappa shape index (κ1) is 19.7. The van der Waals surface area contributed by atoms with E-state index in [1.807, 2.05) is 30.3 Å². The molecule has 3 saturated carbocycles. The minimum absolute atomic E-state index is 0.0112. The van der Waals surface area contributed by atoms with Crippen molar-refractivity contribution in [3.8, 4) is 0 Å². The van der Waals surface area contributed by atoms with Gasteiger partial charge in [0.2, 0.25) is 11.8 Å². The highest BCUT2D eigenvalue weighted by molar-refractivity contribution is 5.92. The Balaban J connectivity index is 1.21. The van der Waals surface area contributed by atoms with Crippen LogP contribution in [0.25, 0.3) is 0 Å². The van der Waals surface area contributed by atoms with Crippen LogP contribution in [-0.4, -0.2) is 35.2 Å². The molecule has 1 heterocycles. The molecule has 2 bridgehead atoms. The summed E-state index contributed by atoms with van der Waals surface area (Å²) in [6.07, 6.45) is 7.51. The Morgan fingerprint density at radius 1 is 1.17 bits per heavy atom. The number of nitrogens with zero attached hydrogens (tertiary/aromatic N) is 1. The lowest BCUT2D eigenvalue weighted by atomic mass is 9.71. The van der Waals surface area contributed by atoms with Gasteiger partial charge in [0, 0.05) is 6.42 Å². The number of hydrogen-bond acceptors (Lipinski definition) is 4. The van der Waals surface area contributed by atoms with Gasteiger partial charge in [-0.1, -0.05) is 49.6 Å². The van der Waals surface area contributed by atoms with Crippen molar-refractivity contribution < 1.29 is 19.2 Å². The Hall–Kier alpha value is -2.21. The standard InChI is InChI=1S/C24H30N2O4/c27-18(11-16-7-4-8-16)14-25-22(28)20-13-24(9-10-24)21-12-19(20)23(29)26(21)30-15-17-5-2-1-3-6-17/h1-3,5-6,16,19-21H,4,7-15H2,(H,25,28)/t19?,20-,21+/m1/s1. The van der Waals surface area contributed by atoms with E-state index in [2.05, 4.69) is 5.32 Å². The predicted octanol–water partition coefficient (Wildman–Crippen LogP) is 3.01. The van der Waals surface area contributed by atoms with Crippen molar-refractivity contribution in [3.63, 3.8) is 0 Å². The number of benzene rings is 1. The first-order valence-electron chi connectivity index (χ1n) is 11.3. The molecular weight excluding hydrogens is 380 g/mol. The lowest BCUT2D eigenvalue weighted by Crippen LogP contribution is -2.43. The summed E-state index contributed by atoms with van der Waals surface area (Å²) in [5.74, 6) is -0.276. The number of fused-ring (bicyclic) bond motifs is 3. The third kappa shape index (κ3) is 3.66. The molecule has 1 N–H and O–H groups in total. The predicted molar refractivity (Wildman–Crippen MR) is 110 cm³/mol. The van der Waals surface area contributed by atoms with E-state index in [4.69, 9.17) is 4.84 Å². The third-order valence-corrected chi connectivity index (χ3v) is 7.76. The number of hydrogen-bond donors (Lipinski definition) is 1. The fourth-order valence-corrected chi connectivity index (χ4v) is 5.56. The molecule has 5 rings (SSSR count). The number of carbonyl (C=O) groups is 3. The lowest BCUT2D eigenvalue weighted by molar-refractivity contribution is -0.201. The fourth-order valence-electron chi connectivity index (χ4n) is 5.56. The van der Waals surface area contributed by atoms with E-state index < -0.39 is 0 Å². The van der Waals surface area contributed by atoms with Crippen LogP contribution in [0.4, 0.5) is 0 Å². The van der Waals surface area contributed by atoms with E-state index in [1.54, 1.807) is 5.06 Å². The molecule has 1 spiro atoms. The van der Waals surface area contributed by atoms with Crippen LogP contribution in [-0.2, 0) is 25.8 Å². The highest BCUT2D eigenvalue weighted by atomic mass is 16.7. The van der Waals surface area contributed by atoms with Crippen LogP contribution >= 0.6 is 0 Å². The van der Waals surface area contributed by atoms with Gasteiger partial charge in [-0.3, -0.25) is 19.2 Å². The van der Waals surface area contributed by atoms with Crippen LogP contribution in [0, 0.1) is 23.2 Å². The van der Waals surface area contributed by atoms with Gasteiger partial charge in [0.05, 0.1) is 24.4 Å². The molecule has 6 nitrogen and oxygen atoms in total. The quantitative estimate of drug-likeness (QED) is 0.715. The van der Waals surface area contributed by atoms with Gasteiger partial charge in [0.25, 0.3) is 0 Å². The van der Waals surface area contributed by atoms with Gasteiger partial charge >= 0.3 is 0 Å². The second-order valence-corrected chi connectivity index (χ2v) is 9.71. The van der Waals surface area contributed by atoms with Crippen molar-refractivity contribution in [1.82, 2.24) is 10.4 Å². The van der Waals surface area contributed by atoms with E-state index in [-0.39, 0.29) is 47.4 Å². The first-order valence-corrected chi connectivity index (χ1v) is 11.3. The summed E-state index contributed by atoms with van der Waals surface area (Å²) >= 11 is 0. The van der Waals surface area contributed by atoms with Crippen LogP contribution in [0.15, 0.2) is 30.3 Å². The molecule has 1 aromatic carbocycles. The van der Waals surface area contributed by atoms with E-state index in [0.717, 1.165) is 37.7 Å². The maximum Gasteiger partial charge on any atom is 0.250 e. The summed E-state index contributed by atoms with van der Waals surface area (Å²) in [5, 5.41) is 4.43. The van der Waals surface area contributed by atoms with Gasteiger partial charge in [-0.15, -0.1) is 0 Å². The Labute approximate surface area is 177 Å². The van der Waals surface area contributed by atoms with Crippen molar-refractivity contribution in [3.05, 3.63) is 35.9 Å². The molecule has 4 aliphatic rings. The number of hydroxylamine groups is 2. The van der Waals surface area contributed by atoms with Crippen LogP contribution in [0.3, 0.4) is 0 Å². The summed E-state index contributed by atoms with van der Waals surface area (Å²) in [4.78, 5) is 44.2. The minimum atomic E-state index is -0.349. The van der Waals surface area contributed by atoms with E-state index in [9.17, 15) is 14.4 Å². The van der Waals surface area contributed by atoms with Crippen molar-refractivity contribution in [2.75, 3.05) is 6.54 Å². The number of carbonyl (C=O) groups excluding carboxylic acids is 3. The average molecular weight is 411 g/mol. The topological polar surface area (TPSA) is 75.7 Å². The van der Waals surface area contributed by atoms with Crippen LogP contribution in [0.5, 0.6) is 0 Å². The van der Waals surface area contributed by atoms with Gasteiger partial charge in [0.1, 0.15) is 6.61 Å². The molecule has 6 heteroatoms. The SMILES string of the molecule is O=C(CNC(=O)[C@@H]1CC2(CC2)[C@@H]2CC1C(=O)N2OCc1ccccc1)CC1CCC1. The average Bonchev–Trinajstić information content (AvgIpc) is 3.44. The zero-order valence-electron chi connectivity index (χ0n) is 17.3. The molecule has 1 aromatic rings. The Morgan fingerprint density at radius 2 is 1.93 bits per heavy atom. The summed E-state index contributed by atoms with van der Waals surface area (Å²) in [5.41, 5.74) is 1.04. The maximum atomic E-state index is 13.1. The molecule has 1 saturated heterocycles. The Kier molecular flexibility index (Phi) is 5.13. The third-order valence-electron chi connectivity index (χ3n) is 7.76. The second-order valence-electron chi connectivity index (χ2n) is 9.71. The lowest BCUT2D eigenvalue weighted by Gasteiger charge is -2.34. The number of ketones is 1. The summed E-state index contributed by atoms with van der Waals surface area (Å²) in [6, 6.07) is 9.91. The number of Topliss-reactive ketones (excluding diaryl/α,β-unsaturated/α-hetero) is 1. The normalized spacial score (nSPS) is 29.0. The van der Waals surface area contributed by atoms with E-state index >= 15 is 0 Å². The Morgan fingerprint density at radius 3 is 2.60 bits per heavy atom. The van der Waals surface area contributed by atoms with Gasteiger partial charge in [-0.25, -0.2) is 5.06 Å². The summed E-state index contributed by atoms with van der Waals surface area (Å²) < 4.78 is 0. The molecule has 0 aromatic heterocycles. The number of nitrogens with one attached hydrogen (secondary N) is 1. The molecule has 3 aliphatic carbocycles. The zero-order valence-corrected chi connectivity index (χ0v) is 17.3. The molecule has 1 unspecified atom stereocenters. The fraction of sp³-hybridized carbons (Fsp3) is 0.625. The van der Waals surface area contributed by atoms with Crippen molar-refractivity contribution >= 4 is 17.6 Å². The van der Waals surface area contributed by atoms with Gasteiger partial charge in [-0.05, 0) is 42.6 Å². The summed E-state index contributed by atoms with van der Waals surface area (Å²) in [7, 11) is 0. The molecule has 0 radical (unpaired) electrons. The van der Waals surface area contributed by atoms with E-state index in [1.165, 1.54) is 6.42 Å². The minimum Gasteiger partial charge on any atom is -0.349 e. The molecule has 30 heavy (non-hydrogen) atoms. The highest BCUT2D eigenvalue weighted by Crippen LogP contribution is 2.63. The highest BCUT2D eigenvalue weighted by Gasteiger charge is 2.65. The molecular formula is C24H30N2O4. The summed E-state index contributed by atoms with van der Waals surface area (Å²) in [6.45, 7) is 0.454. The molecule has 160 valence electrons. The second kappa shape index (κ2) is 7.80. The maximum absolute atomic E-state index is 13.1. The monoisotopic (exact) mass is 410 g/mol. The molecule has 1 aliphatic heterocycles. The largest absolute Gasteiger partial charge is 0.349 e. The first-order chi connectivity index (χ1) is 14.6. The van der Waals surface area contributed by atoms with Gasteiger partial charge < -0.3 is 5.32 Å². The van der Waals surface area contributed by atoms with Crippen molar-refractivity contribution in [2.45, 2.75) is 64.0 Å². The number of rotatable bonds is 8. The smallest absolute Gasteiger partial charge is 0.250 e. The van der Waals surface area contributed by atoms with Crippen molar-refractivity contribution in [2.24, 2.45) is 23.2 Å². The van der Waals surface area contributed by atoms with Crippen LogP contribution in [0.2, 0.25) is 0 Å². The zero-order chi connectivity index (χ0) is 20.7. The van der Waals surface area contributed by atoms with Gasteiger partial charge in [-0.2, -0.15) is 0 Å². The molecule has 4 fully saturated rings. The van der Waals surface area contributed by atoms with E-state index in [0.29, 0.717) is 25.4 Å².